The fourth-order valence-electron chi connectivity index (χ4n) is 1.85. The molecule has 86 valence electrons. The molecule has 0 radical (unpaired) electrons. The largest absolute Gasteiger partial charge is 0.384 e. The van der Waals surface area contributed by atoms with Crippen molar-refractivity contribution in [2.24, 2.45) is 5.41 Å². The zero-order valence-corrected chi connectivity index (χ0v) is 10.6. The SMILES string of the molecule is CCCCCCCCC(C)(C)COC. The second-order valence-electron chi connectivity index (χ2n) is 5.11. The molecule has 0 fully saturated rings. The minimum Gasteiger partial charge on any atom is -0.384 e. The standard InChI is InChI=1S/C13H28O/c1-5-6-7-8-9-10-11-13(2,3)12-14-4/h5-12H2,1-4H3. The summed E-state index contributed by atoms with van der Waals surface area (Å²) in [6, 6.07) is 0. The van der Waals surface area contributed by atoms with Gasteiger partial charge in [-0.2, -0.15) is 0 Å². The highest BCUT2D eigenvalue weighted by Crippen LogP contribution is 2.24. The lowest BCUT2D eigenvalue weighted by Crippen LogP contribution is -2.17. The van der Waals surface area contributed by atoms with Gasteiger partial charge in [0, 0.05) is 7.11 Å². The lowest BCUT2D eigenvalue weighted by molar-refractivity contribution is 0.0962. The zero-order chi connectivity index (χ0) is 10.9. The summed E-state index contributed by atoms with van der Waals surface area (Å²) in [5.74, 6) is 0. The summed E-state index contributed by atoms with van der Waals surface area (Å²) >= 11 is 0. The van der Waals surface area contributed by atoms with Gasteiger partial charge in [0.25, 0.3) is 0 Å². The minimum atomic E-state index is 0.375. The smallest absolute Gasteiger partial charge is 0.0513 e. The van der Waals surface area contributed by atoms with Crippen LogP contribution in [0.3, 0.4) is 0 Å². The molecule has 0 aliphatic carbocycles. The van der Waals surface area contributed by atoms with Gasteiger partial charge in [0.1, 0.15) is 0 Å². The first-order chi connectivity index (χ1) is 6.62. The van der Waals surface area contributed by atoms with E-state index in [-0.39, 0.29) is 0 Å². The topological polar surface area (TPSA) is 9.23 Å². The Morgan fingerprint density at radius 3 is 2.07 bits per heavy atom. The van der Waals surface area contributed by atoms with E-state index in [1.807, 2.05) is 0 Å². The van der Waals surface area contributed by atoms with E-state index in [0.717, 1.165) is 6.61 Å². The second-order valence-corrected chi connectivity index (χ2v) is 5.11. The highest BCUT2D eigenvalue weighted by Gasteiger charge is 2.16. The van der Waals surface area contributed by atoms with Crippen LogP contribution in [0.15, 0.2) is 0 Å². The number of ether oxygens (including phenoxy) is 1. The Morgan fingerprint density at radius 1 is 0.929 bits per heavy atom. The molecule has 0 aliphatic rings. The van der Waals surface area contributed by atoms with Crippen LogP contribution in [0.5, 0.6) is 0 Å². The van der Waals surface area contributed by atoms with E-state index in [1.54, 1.807) is 7.11 Å². The van der Waals surface area contributed by atoms with Gasteiger partial charge >= 0.3 is 0 Å². The van der Waals surface area contributed by atoms with Crippen molar-refractivity contribution >= 4 is 0 Å². The predicted octanol–water partition coefficient (Wildman–Crippen LogP) is 4.41. The summed E-state index contributed by atoms with van der Waals surface area (Å²) in [6.07, 6.45) is 9.63. The average molecular weight is 200 g/mol. The molecule has 1 heteroatoms. The molecule has 0 aromatic carbocycles. The Balaban J connectivity index is 3.26. The second kappa shape index (κ2) is 8.28. The molecule has 0 saturated heterocycles. The molecule has 0 rings (SSSR count). The van der Waals surface area contributed by atoms with Crippen LogP contribution in [-0.2, 0) is 4.74 Å². The van der Waals surface area contributed by atoms with E-state index in [9.17, 15) is 0 Å². The monoisotopic (exact) mass is 200 g/mol. The Bertz CT molecular complexity index is 118. The molecule has 0 saturated carbocycles. The van der Waals surface area contributed by atoms with Crippen molar-refractivity contribution < 1.29 is 4.74 Å². The van der Waals surface area contributed by atoms with E-state index >= 15 is 0 Å². The van der Waals surface area contributed by atoms with Gasteiger partial charge in [0.05, 0.1) is 6.61 Å². The molecule has 0 N–H and O–H groups in total. The summed E-state index contributed by atoms with van der Waals surface area (Å²) in [6.45, 7) is 7.74. The van der Waals surface area contributed by atoms with Crippen LogP contribution in [0, 0.1) is 5.41 Å². The van der Waals surface area contributed by atoms with E-state index in [4.69, 9.17) is 4.74 Å². The molecule has 0 unspecified atom stereocenters. The molecular formula is C13H28O. The van der Waals surface area contributed by atoms with Gasteiger partial charge in [0.2, 0.25) is 0 Å². The Labute approximate surface area is 90.2 Å². The third-order valence-corrected chi connectivity index (χ3v) is 2.74. The van der Waals surface area contributed by atoms with Gasteiger partial charge in [-0.05, 0) is 11.8 Å². The van der Waals surface area contributed by atoms with Crippen LogP contribution in [0.4, 0.5) is 0 Å². The van der Waals surface area contributed by atoms with Crippen LogP contribution < -0.4 is 0 Å². The quantitative estimate of drug-likeness (QED) is 0.501. The fourth-order valence-corrected chi connectivity index (χ4v) is 1.85. The molecular weight excluding hydrogens is 172 g/mol. The van der Waals surface area contributed by atoms with Gasteiger partial charge in [-0.3, -0.25) is 0 Å². The van der Waals surface area contributed by atoms with E-state index in [0.29, 0.717) is 5.41 Å². The van der Waals surface area contributed by atoms with Gasteiger partial charge in [-0.15, -0.1) is 0 Å². The highest BCUT2D eigenvalue weighted by molar-refractivity contribution is 4.67. The summed E-state index contributed by atoms with van der Waals surface area (Å²) in [4.78, 5) is 0. The van der Waals surface area contributed by atoms with Crippen molar-refractivity contribution in [3.8, 4) is 0 Å². The molecule has 0 aromatic rings. The maximum absolute atomic E-state index is 5.20. The molecule has 0 aromatic heterocycles. The molecule has 0 bridgehead atoms. The van der Waals surface area contributed by atoms with Crippen molar-refractivity contribution in [3.05, 3.63) is 0 Å². The van der Waals surface area contributed by atoms with Crippen LogP contribution in [0.25, 0.3) is 0 Å². The van der Waals surface area contributed by atoms with Crippen LogP contribution in [-0.4, -0.2) is 13.7 Å². The van der Waals surface area contributed by atoms with Gasteiger partial charge in [-0.25, -0.2) is 0 Å². The number of unbranched alkanes of at least 4 members (excludes halogenated alkanes) is 5. The molecule has 1 nitrogen and oxygen atoms in total. The number of hydrogen-bond donors (Lipinski definition) is 0. The molecule has 0 aliphatic heterocycles. The molecule has 0 heterocycles. The third-order valence-electron chi connectivity index (χ3n) is 2.74. The molecule has 0 atom stereocenters. The highest BCUT2D eigenvalue weighted by atomic mass is 16.5. The first kappa shape index (κ1) is 14.0. The van der Waals surface area contributed by atoms with Gasteiger partial charge in [0.15, 0.2) is 0 Å². The lowest BCUT2D eigenvalue weighted by atomic mass is 9.88. The molecule has 0 amide bonds. The maximum Gasteiger partial charge on any atom is 0.0513 e. The summed E-state index contributed by atoms with van der Waals surface area (Å²) < 4.78 is 5.20. The summed E-state index contributed by atoms with van der Waals surface area (Å²) in [7, 11) is 1.79. The number of methoxy groups -OCH3 is 1. The Morgan fingerprint density at radius 2 is 1.50 bits per heavy atom. The minimum absolute atomic E-state index is 0.375. The van der Waals surface area contributed by atoms with Crippen LogP contribution in [0.2, 0.25) is 0 Å². The van der Waals surface area contributed by atoms with Crippen molar-refractivity contribution in [2.75, 3.05) is 13.7 Å². The maximum atomic E-state index is 5.20. The van der Waals surface area contributed by atoms with E-state index in [2.05, 4.69) is 20.8 Å². The normalized spacial score (nSPS) is 12.0. The third kappa shape index (κ3) is 8.55. The summed E-state index contributed by atoms with van der Waals surface area (Å²) in [5, 5.41) is 0. The van der Waals surface area contributed by atoms with Crippen LogP contribution >= 0.6 is 0 Å². The fraction of sp³-hybridized carbons (Fsp3) is 1.00. The Hall–Kier alpha value is -0.0400. The molecule has 14 heavy (non-hydrogen) atoms. The Kier molecular flexibility index (Phi) is 8.26. The van der Waals surface area contributed by atoms with Gasteiger partial charge in [-0.1, -0.05) is 59.3 Å². The van der Waals surface area contributed by atoms with E-state index < -0.39 is 0 Å². The van der Waals surface area contributed by atoms with Crippen LogP contribution in [0.1, 0.15) is 65.7 Å². The van der Waals surface area contributed by atoms with E-state index in [1.165, 1.54) is 44.9 Å². The zero-order valence-electron chi connectivity index (χ0n) is 10.6. The first-order valence-corrected chi connectivity index (χ1v) is 6.11. The predicted molar refractivity (Wildman–Crippen MR) is 63.7 cm³/mol. The lowest BCUT2D eigenvalue weighted by Gasteiger charge is -2.23. The van der Waals surface area contributed by atoms with Crippen molar-refractivity contribution in [3.63, 3.8) is 0 Å². The first-order valence-electron chi connectivity index (χ1n) is 6.11. The van der Waals surface area contributed by atoms with Crippen molar-refractivity contribution in [2.45, 2.75) is 65.7 Å². The van der Waals surface area contributed by atoms with Crippen molar-refractivity contribution in [1.29, 1.82) is 0 Å². The van der Waals surface area contributed by atoms with Gasteiger partial charge < -0.3 is 4.74 Å². The summed E-state index contributed by atoms with van der Waals surface area (Å²) in [5.41, 5.74) is 0.375. The van der Waals surface area contributed by atoms with Crippen molar-refractivity contribution in [1.82, 2.24) is 0 Å². The molecule has 0 spiro atoms. The average Bonchev–Trinajstić information content (AvgIpc) is 2.11. The number of rotatable bonds is 9. The number of hydrogen-bond acceptors (Lipinski definition) is 1.